The first-order chi connectivity index (χ1) is 14.1. The molecule has 5 rings (SSSR count). The van der Waals surface area contributed by atoms with Crippen LogP contribution in [0.4, 0.5) is 0 Å². The summed E-state index contributed by atoms with van der Waals surface area (Å²) in [7, 11) is 0. The van der Waals surface area contributed by atoms with Crippen LogP contribution >= 0.6 is 11.6 Å². The molecular weight excluding hydrogens is 388 g/mol. The quantitative estimate of drug-likeness (QED) is 0.500. The van der Waals surface area contributed by atoms with E-state index in [1.165, 1.54) is 0 Å². The van der Waals surface area contributed by atoms with Crippen LogP contribution in [0.15, 0.2) is 72.8 Å². The minimum Gasteiger partial charge on any atom is -0.422 e. The van der Waals surface area contributed by atoms with Gasteiger partial charge in [-0.1, -0.05) is 60.1 Å². The van der Waals surface area contributed by atoms with E-state index in [4.69, 9.17) is 21.1 Å². The average molecular weight is 401 g/mol. The van der Waals surface area contributed by atoms with Gasteiger partial charge in [0.2, 0.25) is 0 Å². The Balaban J connectivity index is 1.65. The number of hydrogen-bond donors (Lipinski definition) is 0. The molecule has 0 atom stereocenters. The third-order valence-electron chi connectivity index (χ3n) is 4.85. The van der Waals surface area contributed by atoms with E-state index < -0.39 is 11.9 Å². The van der Waals surface area contributed by atoms with Crippen molar-refractivity contribution in [3.8, 4) is 11.5 Å². The molecule has 140 valence electrons. The van der Waals surface area contributed by atoms with Gasteiger partial charge in [0.15, 0.2) is 0 Å². The van der Waals surface area contributed by atoms with Gasteiger partial charge in [0.1, 0.15) is 11.5 Å². The number of halogens is 1. The van der Waals surface area contributed by atoms with Gasteiger partial charge in [-0.2, -0.15) is 0 Å². The Bertz CT molecular complexity index is 1320. The highest BCUT2D eigenvalue weighted by molar-refractivity contribution is 6.30. The number of rotatable bonds is 3. The summed E-state index contributed by atoms with van der Waals surface area (Å²) in [6.07, 6.45) is 3.51. The van der Waals surface area contributed by atoms with E-state index in [1.807, 2.05) is 48.5 Å². The molecule has 2 aliphatic heterocycles. The zero-order valence-electron chi connectivity index (χ0n) is 15.0. The van der Waals surface area contributed by atoms with Gasteiger partial charge in [0, 0.05) is 15.5 Å². The second-order valence-electron chi connectivity index (χ2n) is 6.66. The summed E-state index contributed by atoms with van der Waals surface area (Å²) in [5, 5.41) is 1.86. The van der Waals surface area contributed by atoms with Crippen molar-refractivity contribution in [2.24, 2.45) is 0 Å². The van der Waals surface area contributed by atoms with Crippen molar-refractivity contribution >= 4 is 40.8 Å². The van der Waals surface area contributed by atoms with Crippen molar-refractivity contribution < 1.29 is 19.1 Å². The molecule has 3 aromatic carbocycles. The molecule has 0 unspecified atom stereocenters. The predicted octanol–water partition coefficient (Wildman–Crippen LogP) is 3.24. The summed E-state index contributed by atoms with van der Waals surface area (Å²) in [5.41, 5.74) is 2.52. The highest BCUT2D eigenvalue weighted by Gasteiger charge is 2.28. The molecule has 0 aliphatic carbocycles. The lowest BCUT2D eigenvalue weighted by atomic mass is 10.0. The van der Waals surface area contributed by atoms with Crippen LogP contribution in [0.3, 0.4) is 0 Å². The van der Waals surface area contributed by atoms with Crippen molar-refractivity contribution in [3.05, 3.63) is 99.4 Å². The molecule has 2 aliphatic rings. The summed E-state index contributed by atoms with van der Waals surface area (Å²) in [6.45, 7) is 0. The van der Waals surface area contributed by atoms with E-state index in [2.05, 4.69) is 0 Å². The topological polar surface area (TPSA) is 52.6 Å². The molecule has 2 heterocycles. The monoisotopic (exact) mass is 400 g/mol. The number of benzene rings is 3. The van der Waals surface area contributed by atoms with Crippen molar-refractivity contribution in [1.82, 2.24) is 0 Å². The van der Waals surface area contributed by atoms with Crippen molar-refractivity contribution in [3.63, 3.8) is 0 Å². The fraction of sp³-hybridized carbons (Fsp3) is 0. The Hall–Kier alpha value is -3.63. The zero-order valence-corrected chi connectivity index (χ0v) is 15.8. The van der Waals surface area contributed by atoms with Crippen molar-refractivity contribution in [2.45, 2.75) is 0 Å². The SMILES string of the molecule is O=C1Oc2cc3c(cc2=C1C=Cc1ccc(Cl)cc1)OC(=O)C=3c1ccccc1. The van der Waals surface area contributed by atoms with Crippen LogP contribution in [-0.2, 0) is 9.59 Å². The van der Waals surface area contributed by atoms with E-state index in [0.29, 0.717) is 38.1 Å². The molecule has 0 amide bonds. The van der Waals surface area contributed by atoms with Crippen LogP contribution in [-0.4, -0.2) is 11.9 Å². The second-order valence-corrected chi connectivity index (χ2v) is 7.10. The van der Waals surface area contributed by atoms with Crippen molar-refractivity contribution in [2.75, 3.05) is 0 Å². The molecule has 0 aromatic heterocycles. The Kier molecular flexibility index (Phi) is 4.07. The number of carbonyl (C=O) groups is 2. The Morgan fingerprint density at radius 3 is 2.14 bits per heavy atom. The summed E-state index contributed by atoms with van der Waals surface area (Å²) in [6, 6.07) is 19.9. The Morgan fingerprint density at radius 2 is 1.38 bits per heavy atom. The molecule has 3 aromatic rings. The van der Waals surface area contributed by atoms with Gasteiger partial charge >= 0.3 is 11.9 Å². The molecule has 0 radical (unpaired) electrons. The summed E-state index contributed by atoms with van der Waals surface area (Å²) in [4.78, 5) is 24.9. The fourth-order valence-electron chi connectivity index (χ4n) is 3.45. The normalized spacial score (nSPS) is 14.8. The predicted molar refractivity (Wildman–Crippen MR) is 110 cm³/mol. The standard InChI is InChI=1S/C24H13ClO4/c25-16-9-6-14(7-10-16)8-11-17-18-12-21-19(13-20(18)28-23(17)26)22(24(27)29-21)15-4-2-1-3-5-15/h1-13H. The summed E-state index contributed by atoms with van der Waals surface area (Å²) in [5.74, 6) is -0.0273. The van der Waals surface area contributed by atoms with E-state index in [0.717, 1.165) is 11.1 Å². The number of carbonyl (C=O) groups excluding carboxylic acids is 2. The molecule has 0 fully saturated rings. The van der Waals surface area contributed by atoms with Crippen molar-refractivity contribution in [1.29, 1.82) is 0 Å². The first-order valence-electron chi connectivity index (χ1n) is 8.96. The molecule has 4 nitrogen and oxygen atoms in total. The van der Waals surface area contributed by atoms with Crippen LogP contribution in [0.5, 0.6) is 11.5 Å². The first kappa shape index (κ1) is 17.5. The van der Waals surface area contributed by atoms with Crippen LogP contribution < -0.4 is 19.9 Å². The van der Waals surface area contributed by atoms with Crippen LogP contribution in [0, 0.1) is 0 Å². The number of ether oxygens (including phenoxy) is 2. The number of esters is 2. The maximum Gasteiger partial charge on any atom is 0.344 e. The first-order valence-corrected chi connectivity index (χ1v) is 9.34. The lowest BCUT2D eigenvalue weighted by Crippen LogP contribution is -2.10. The van der Waals surface area contributed by atoms with Crippen LogP contribution in [0.25, 0.3) is 17.2 Å². The van der Waals surface area contributed by atoms with E-state index in [1.54, 1.807) is 30.3 Å². The lowest BCUT2D eigenvalue weighted by Gasteiger charge is -1.98. The van der Waals surface area contributed by atoms with E-state index in [9.17, 15) is 9.59 Å². The van der Waals surface area contributed by atoms with Crippen LogP contribution in [0.1, 0.15) is 11.1 Å². The molecule has 0 saturated heterocycles. The minimum atomic E-state index is -0.443. The maximum absolute atomic E-state index is 12.4. The van der Waals surface area contributed by atoms with Gasteiger partial charge in [-0.05, 0) is 41.5 Å². The molecular formula is C24H13ClO4. The molecule has 5 heteroatoms. The van der Waals surface area contributed by atoms with Gasteiger partial charge in [-0.3, -0.25) is 0 Å². The second kappa shape index (κ2) is 6.76. The minimum absolute atomic E-state index is 0.405. The molecule has 0 saturated carbocycles. The van der Waals surface area contributed by atoms with E-state index >= 15 is 0 Å². The molecule has 29 heavy (non-hydrogen) atoms. The average Bonchev–Trinajstić information content (AvgIpc) is 3.20. The fourth-order valence-corrected chi connectivity index (χ4v) is 3.58. The van der Waals surface area contributed by atoms with E-state index in [-0.39, 0.29) is 0 Å². The molecule has 0 bridgehead atoms. The van der Waals surface area contributed by atoms with Gasteiger partial charge in [-0.25, -0.2) is 9.59 Å². The van der Waals surface area contributed by atoms with Gasteiger partial charge in [0.05, 0.1) is 11.1 Å². The number of hydrogen-bond acceptors (Lipinski definition) is 4. The number of fused-ring (bicyclic) bond motifs is 2. The highest BCUT2D eigenvalue weighted by Crippen LogP contribution is 2.25. The highest BCUT2D eigenvalue weighted by atomic mass is 35.5. The molecule has 0 spiro atoms. The smallest absolute Gasteiger partial charge is 0.344 e. The maximum atomic E-state index is 12.4. The molecule has 0 N–H and O–H groups in total. The lowest BCUT2D eigenvalue weighted by molar-refractivity contribution is -0.128. The van der Waals surface area contributed by atoms with Gasteiger partial charge in [-0.15, -0.1) is 0 Å². The Labute approximate surface area is 171 Å². The van der Waals surface area contributed by atoms with Crippen LogP contribution in [0.2, 0.25) is 5.02 Å². The largest absolute Gasteiger partial charge is 0.422 e. The summed E-state index contributed by atoms with van der Waals surface area (Å²) < 4.78 is 10.9. The van der Waals surface area contributed by atoms with Gasteiger partial charge in [0.25, 0.3) is 0 Å². The third kappa shape index (κ3) is 3.04. The Morgan fingerprint density at radius 1 is 0.724 bits per heavy atom. The van der Waals surface area contributed by atoms with Gasteiger partial charge < -0.3 is 9.47 Å². The zero-order chi connectivity index (χ0) is 20.0. The third-order valence-corrected chi connectivity index (χ3v) is 5.10. The summed E-state index contributed by atoms with van der Waals surface area (Å²) >= 11 is 5.90.